The molecule has 0 aliphatic heterocycles. The minimum Gasteiger partial charge on any atom is -0.303 e. The lowest BCUT2D eigenvalue weighted by Gasteiger charge is -2.33. The maximum Gasteiger partial charge on any atom is 0.225 e. The Balaban J connectivity index is 2.79. The minimum atomic E-state index is -0.820. The van der Waals surface area contributed by atoms with Gasteiger partial charge in [-0.1, -0.05) is 13.3 Å². The van der Waals surface area contributed by atoms with Gasteiger partial charge in [-0.2, -0.15) is 0 Å². The Hall–Kier alpha value is -0.930. The Bertz CT molecular complexity index is 221. The second kappa shape index (κ2) is 4.53. The molecule has 0 aromatic heterocycles. The van der Waals surface area contributed by atoms with Crippen molar-refractivity contribution in [1.29, 1.82) is 0 Å². The highest BCUT2D eigenvalue weighted by molar-refractivity contribution is 5.50. The van der Waals surface area contributed by atoms with E-state index in [1.165, 1.54) is 0 Å². The van der Waals surface area contributed by atoms with Gasteiger partial charge in [-0.25, -0.2) is 0 Å². The monoisotopic (exact) mass is 199 g/mol. The van der Waals surface area contributed by atoms with Gasteiger partial charge in [0.25, 0.3) is 0 Å². The van der Waals surface area contributed by atoms with E-state index in [9.17, 15) is 14.9 Å². The molecule has 0 aromatic carbocycles. The maximum absolute atomic E-state index is 11.1. The lowest BCUT2D eigenvalue weighted by molar-refractivity contribution is -0.585. The van der Waals surface area contributed by atoms with Crippen molar-refractivity contribution in [3.8, 4) is 0 Å². The van der Waals surface area contributed by atoms with Crippen LogP contribution in [0.5, 0.6) is 0 Å². The normalized spacial score (nSPS) is 22.6. The Kier molecular flexibility index (Phi) is 3.61. The first-order valence-electron chi connectivity index (χ1n) is 5.21. The minimum absolute atomic E-state index is 0.129. The number of rotatable bonds is 4. The molecule has 1 atom stereocenters. The van der Waals surface area contributed by atoms with Crippen molar-refractivity contribution in [2.24, 2.45) is 5.92 Å². The molecule has 1 fully saturated rings. The number of nitrogens with zero attached hydrogens (tertiary/aromatic N) is 1. The van der Waals surface area contributed by atoms with E-state index < -0.39 is 5.54 Å². The molecule has 0 radical (unpaired) electrons. The van der Waals surface area contributed by atoms with Crippen LogP contribution >= 0.6 is 0 Å². The second-order valence-electron chi connectivity index (χ2n) is 4.22. The molecule has 80 valence electrons. The van der Waals surface area contributed by atoms with E-state index in [-0.39, 0.29) is 10.8 Å². The topological polar surface area (TPSA) is 60.2 Å². The smallest absolute Gasteiger partial charge is 0.225 e. The molecule has 1 unspecified atom stereocenters. The zero-order valence-electron chi connectivity index (χ0n) is 8.57. The van der Waals surface area contributed by atoms with E-state index in [1.807, 2.05) is 6.92 Å². The SMILES string of the molecule is CC(CC=O)C1([N+](=O)[O-])CCCCC1. The van der Waals surface area contributed by atoms with Crippen LogP contribution in [0.3, 0.4) is 0 Å². The third-order valence-corrected chi connectivity index (χ3v) is 3.45. The van der Waals surface area contributed by atoms with Crippen LogP contribution in [0.15, 0.2) is 0 Å². The van der Waals surface area contributed by atoms with E-state index in [0.29, 0.717) is 19.3 Å². The second-order valence-corrected chi connectivity index (χ2v) is 4.22. The molecule has 4 heteroatoms. The van der Waals surface area contributed by atoms with Crippen LogP contribution < -0.4 is 0 Å². The maximum atomic E-state index is 11.1. The largest absolute Gasteiger partial charge is 0.303 e. The summed E-state index contributed by atoms with van der Waals surface area (Å²) in [6.45, 7) is 1.82. The zero-order valence-corrected chi connectivity index (χ0v) is 8.57. The summed E-state index contributed by atoms with van der Waals surface area (Å²) in [5, 5.41) is 11.1. The van der Waals surface area contributed by atoms with Crippen LogP contribution in [0.4, 0.5) is 0 Å². The van der Waals surface area contributed by atoms with Crippen LogP contribution in [0, 0.1) is 16.0 Å². The number of hydrogen-bond donors (Lipinski definition) is 0. The van der Waals surface area contributed by atoms with E-state index in [1.54, 1.807) is 0 Å². The van der Waals surface area contributed by atoms with E-state index in [4.69, 9.17) is 0 Å². The van der Waals surface area contributed by atoms with Crippen molar-refractivity contribution in [2.45, 2.75) is 51.0 Å². The summed E-state index contributed by atoms with van der Waals surface area (Å²) in [7, 11) is 0. The number of hydrogen-bond acceptors (Lipinski definition) is 3. The van der Waals surface area contributed by atoms with Crippen molar-refractivity contribution < 1.29 is 9.72 Å². The highest BCUT2D eigenvalue weighted by Crippen LogP contribution is 2.38. The molecular formula is C10H17NO3. The summed E-state index contributed by atoms with van der Waals surface area (Å²) in [4.78, 5) is 21.3. The molecule has 0 aromatic rings. The number of aldehydes is 1. The molecule has 0 spiro atoms. The predicted octanol–water partition coefficient (Wildman–Crippen LogP) is 2.19. The molecular weight excluding hydrogens is 182 g/mol. The number of nitro groups is 1. The van der Waals surface area contributed by atoms with Crippen molar-refractivity contribution >= 4 is 6.29 Å². The van der Waals surface area contributed by atoms with Crippen molar-refractivity contribution in [3.05, 3.63) is 10.1 Å². The van der Waals surface area contributed by atoms with Gasteiger partial charge in [0.2, 0.25) is 5.54 Å². The summed E-state index contributed by atoms with van der Waals surface area (Å²) in [6.07, 6.45) is 5.30. The summed E-state index contributed by atoms with van der Waals surface area (Å²) < 4.78 is 0. The quantitative estimate of drug-likeness (QED) is 0.396. The molecule has 0 heterocycles. The Morgan fingerprint density at radius 1 is 1.43 bits per heavy atom. The van der Waals surface area contributed by atoms with Crippen LogP contribution in [0.25, 0.3) is 0 Å². The van der Waals surface area contributed by atoms with Crippen molar-refractivity contribution in [2.75, 3.05) is 0 Å². The average molecular weight is 199 g/mol. The Morgan fingerprint density at radius 2 is 2.00 bits per heavy atom. The van der Waals surface area contributed by atoms with Crippen LogP contribution in [0.1, 0.15) is 45.4 Å². The highest BCUT2D eigenvalue weighted by Gasteiger charge is 2.48. The molecule has 1 saturated carbocycles. The predicted molar refractivity (Wildman–Crippen MR) is 52.7 cm³/mol. The molecule has 0 N–H and O–H groups in total. The fourth-order valence-electron chi connectivity index (χ4n) is 2.38. The molecule has 4 nitrogen and oxygen atoms in total. The molecule has 1 aliphatic carbocycles. The van der Waals surface area contributed by atoms with Gasteiger partial charge in [0, 0.05) is 30.1 Å². The van der Waals surface area contributed by atoms with Gasteiger partial charge >= 0.3 is 0 Å². The van der Waals surface area contributed by atoms with E-state index in [0.717, 1.165) is 25.5 Å². The van der Waals surface area contributed by atoms with Gasteiger partial charge in [0.15, 0.2) is 0 Å². The van der Waals surface area contributed by atoms with E-state index >= 15 is 0 Å². The summed E-state index contributed by atoms with van der Waals surface area (Å²) >= 11 is 0. The van der Waals surface area contributed by atoms with Crippen LogP contribution in [0.2, 0.25) is 0 Å². The molecule has 0 saturated heterocycles. The van der Waals surface area contributed by atoms with Crippen LogP contribution in [-0.2, 0) is 4.79 Å². The number of carbonyl (C=O) groups excluding carboxylic acids is 1. The molecule has 1 rings (SSSR count). The third-order valence-electron chi connectivity index (χ3n) is 3.45. The summed E-state index contributed by atoms with van der Waals surface area (Å²) in [6, 6.07) is 0. The molecule has 0 amide bonds. The third kappa shape index (κ3) is 1.94. The van der Waals surface area contributed by atoms with Crippen molar-refractivity contribution in [1.82, 2.24) is 0 Å². The summed E-state index contributed by atoms with van der Waals surface area (Å²) in [5.74, 6) is -0.129. The first kappa shape index (κ1) is 11.1. The van der Waals surface area contributed by atoms with E-state index in [2.05, 4.69) is 0 Å². The summed E-state index contributed by atoms with van der Waals surface area (Å²) in [5.41, 5.74) is -0.820. The van der Waals surface area contributed by atoms with Crippen molar-refractivity contribution in [3.63, 3.8) is 0 Å². The first-order valence-corrected chi connectivity index (χ1v) is 5.21. The molecule has 14 heavy (non-hydrogen) atoms. The number of carbonyl (C=O) groups is 1. The van der Waals surface area contributed by atoms with Gasteiger partial charge in [-0.15, -0.1) is 0 Å². The first-order chi connectivity index (χ1) is 6.63. The van der Waals surface area contributed by atoms with Gasteiger partial charge in [-0.05, 0) is 12.8 Å². The van der Waals surface area contributed by atoms with Crippen LogP contribution in [-0.4, -0.2) is 16.7 Å². The average Bonchev–Trinajstić information content (AvgIpc) is 2.19. The molecule has 0 bridgehead atoms. The van der Waals surface area contributed by atoms with Gasteiger partial charge in [-0.3, -0.25) is 10.1 Å². The lowest BCUT2D eigenvalue weighted by atomic mass is 9.73. The Labute approximate surface area is 83.8 Å². The van der Waals surface area contributed by atoms with Gasteiger partial charge in [0.1, 0.15) is 6.29 Å². The fourth-order valence-corrected chi connectivity index (χ4v) is 2.38. The molecule has 1 aliphatic rings. The standard InChI is InChI=1S/C10H17NO3/c1-9(5-8-12)10(11(13)14)6-3-2-4-7-10/h8-9H,2-7H2,1H3. The highest BCUT2D eigenvalue weighted by atomic mass is 16.6. The van der Waals surface area contributed by atoms with Gasteiger partial charge < -0.3 is 4.79 Å². The lowest BCUT2D eigenvalue weighted by Crippen LogP contribution is -2.46. The Morgan fingerprint density at radius 3 is 2.43 bits per heavy atom. The van der Waals surface area contributed by atoms with Gasteiger partial charge in [0.05, 0.1) is 0 Å². The zero-order chi connectivity index (χ0) is 10.6. The fraction of sp³-hybridized carbons (Fsp3) is 0.900.